The summed E-state index contributed by atoms with van der Waals surface area (Å²) in [7, 11) is 0. The lowest BCUT2D eigenvalue weighted by molar-refractivity contribution is 0.103. The van der Waals surface area contributed by atoms with Gasteiger partial charge < -0.3 is 5.11 Å². The zero-order valence-corrected chi connectivity index (χ0v) is 13.4. The second-order valence-corrected chi connectivity index (χ2v) is 6.31. The van der Waals surface area contributed by atoms with E-state index in [9.17, 15) is 9.90 Å². The molecule has 1 aliphatic rings. The molecule has 25 heavy (non-hydrogen) atoms. The Balaban J connectivity index is 1.82. The molecule has 0 unspecified atom stereocenters. The van der Waals surface area contributed by atoms with Gasteiger partial charge in [-0.25, -0.2) is 0 Å². The van der Waals surface area contributed by atoms with Crippen molar-refractivity contribution in [2.24, 2.45) is 0 Å². The minimum Gasteiger partial charge on any atom is -0.508 e. The third-order valence-corrected chi connectivity index (χ3v) is 4.91. The van der Waals surface area contributed by atoms with Crippen molar-refractivity contribution in [3.63, 3.8) is 0 Å². The Hall–Kier alpha value is -3.39. The molecular formula is C23H14O2. The number of aromatic hydroxyl groups is 1. The summed E-state index contributed by atoms with van der Waals surface area (Å²) in [5.74, 6) is 0.135. The molecule has 0 amide bonds. The van der Waals surface area contributed by atoms with Gasteiger partial charge in [0.15, 0.2) is 5.78 Å². The molecule has 1 aliphatic carbocycles. The molecule has 0 aliphatic heterocycles. The van der Waals surface area contributed by atoms with Gasteiger partial charge in [0.2, 0.25) is 0 Å². The van der Waals surface area contributed by atoms with E-state index in [0.717, 1.165) is 21.9 Å². The van der Waals surface area contributed by atoms with Gasteiger partial charge in [-0.05, 0) is 57.8 Å². The number of benzene rings is 4. The first-order chi connectivity index (χ1) is 12.2. The second-order valence-electron chi connectivity index (χ2n) is 6.31. The predicted octanol–water partition coefficient (Wildman–Crippen LogP) is 5.42. The molecule has 2 nitrogen and oxygen atoms in total. The zero-order valence-electron chi connectivity index (χ0n) is 13.4. The van der Waals surface area contributed by atoms with E-state index < -0.39 is 0 Å². The smallest absolute Gasteiger partial charge is 0.193 e. The SMILES string of the molecule is O=C(c1ccc(O)cc1)c1ccc2cccc3c2c1-c1ccccc1-3. The molecule has 4 aromatic rings. The molecule has 0 heterocycles. The van der Waals surface area contributed by atoms with Gasteiger partial charge in [-0.3, -0.25) is 4.79 Å². The Morgan fingerprint density at radius 2 is 1.40 bits per heavy atom. The van der Waals surface area contributed by atoms with Crippen LogP contribution in [0.4, 0.5) is 0 Å². The lowest BCUT2D eigenvalue weighted by atomic mass is 9.92. The van der Waals surface area contributed by atoms with Gasteiger partial charge in [-0.1, -0.05) is 48.5 Å². The van der Waals surface area contributed by atoms with Crippen molar-refractivity contribution in [1.29, 1.82) is 0 Å². The van der Waals surface area contributed by atoms with Crippen LogP contribution in [0.5, 0.6) is 5.75 Å². The quantitative estimate of drug-likeness (QED) is 0.440. The lowest BCUT2D eigenvalue weighted by Gasteiger charge is -2.10. The number of phenols is 1. The summed E-state index contributed by atoms with van der Waals surface area (Å²) >= 11 is 0. The number of fused-ring (bicyclic) bond motifs is 3. The highest BCUT2D eigenvalue weighted by Crippen LogP contribution is 2.48. The highest BCUT2D eigenvalue weighted by molar-refractivity contribution is 6.24. The highest BCUT2D eigenvalue weighted by atomic mass is 16.3. The van der Waals surface area contributed by atoms with Crippen LogP contribution in [0.2, 0.25) is 0 Å². The van der Waals surface area contributed by atoms with Crippen molar-refractivity contribution >= 4 is 16.6 Å². The van der Waals surface area contributed by atoms with Gasteiger partial charge in [0.1, 0.15) is 5.75 Å². The third-order valence-electron chi connectivity index (χ3n) is 4.91. The molecule has 0 aromatic heterocycles. The summed E-state index contributed by atoms with van der Waals surface area (Å²) in [5, 5.41) is 11.8. The molecule has 0 atom stereocenters. The van der Waals surface area contributed by atoms with Gasteiger partial charge >= 0.3 is 0 Å². The Kier molecular flexibility index (Phi) is 2.83. The van der Waals surface area contributed by atoms with E-state index in [0.29, 0.717) is 11.1 Å². The van der Waals surface area contributed by atoms with Crippen molar-refractivity contribution in [2.75, 3.05) is 0 Å². The van der Waals surface area contributed by atoms with E-state index in [1.807, 2.05) is 24.3 Å². The lowest BCUT2D eigenvalue weighted by Crippen LogP contribution is -2.03. The molecule has 0 fully saturated rings. The average Bonchev–Trinajstić information content (AvgIpc) is 2.99. The van der Waals surface area contributed by atoms with Crippen LogP contribution in [0.3, 0.4) is 0 Å². The minimum absolute atomic E-state index is 0.0246. The Morgan fingerprint density at radius 1 is 0.680 bits per heavy atom. The monoisotopic (exact) mass is 322 g/mol. The number of hydrogen-bond acceptors (Lipinski definition) is 2. The average molecular weight is 322 g/mol. The van der Waals surface area contributed by atoms with Crippen LogP contribution in [0.15, 0.2) is 78.9 Å². The van der Waals surface area contributed by atoms with Crippen LogP contribution in [0.1, 0.15) is 15.9 Å². The molecule has 118 valence electrons. The van der Waals surface area contributed by atoms with Crippen LogP contribution in [-0.2, 0) is 0 Å². The van der Waals surface area contributed by atoms with Crippen LogP contribution in [-0.4, -0.2) is 10.9 Å². The van der Waals surface area contributed by atoms with Crippen LogP contribution in [0.25, 0.3) is 33.0 Å². The summed E-state index contributed by atoms with van der Waals surface area (Å²) in [6.07, 6.45) is 0. The third kappa shape index (κ3) is 1.94. The van der Waals surface area contributed by atoms with Crippen molar-refractivity contribution in [3.8, 4) is 28.0 Å². The molecule has 4 aromatic carbocycles. The van der Waals surface area contributed by atoms with E-state index in [1.54, 1.807) is 24.3 Å². The van der Waals surface area contributed by atoms with E-state index in [2.05, 4.69) is 30.3 Å². The molecule has 1 N–H and O–H groups in total. The number of carbonyl (C=O) groups is 1. The topological polar surface area (TPSA) is 37.3 Å². The second kappa shape index (κ2) is 5.05. The summed E-state index contributed by atoms with van der Waals surface area (Å²) in [6, 6.07) is 24.9. The maximum Gasteiger partial charge on any atom is 0.193 e. The number of carbonyl (C=O) groups excluding carboxylic acids is 1. The fourth-order valence-electron chi connectivity index (χ4n) is 3.78. The van der Waals surface area contributed by atoms with Crippen LogP contribution in [0, 0.1) is 0 Å². The fraction of sp³-hybridized carbons (Fsp3) is 0. The minimum atomic E-state index is -0.0246. The van der Waals surface area contributed by atoms with E-state index in [1.165, 1.54) is 11.1 Å². The van der Waals surface area contributed by atoms with Crippen molar-refractivity contribution in [3.05, 3.63) is 90.0 Å². The maximum absolute atomic E-state index is 13.1. The summed E-state index contributed by atoms with van der Waals surface area (Å²) in [4.78, 5) is 13.1. The van der Waals surface area contributed by atoms with E-state index in [4.69, 9.17) is 0 Å². The standard InChI is InChI=1S/C23H14O2/c24-16-11-8-15(9-12-16)23(25)20-13-10-14-4-3-7-18-17-5-1-2-6-19(17)22(20)21(14)18/h1-13,24H. The first kappa shape index (κ1) is 14.0. The van der Waals surface area contributed by atoms with Gasteiger partial charge in [0, 0.05) is 16.7 Å². The number of hydrogen-bond donors (Lipinski definition) is 1. The van der Waals surface area contributed by atoms with Crippen molar-refractivity contribution in [2.45, 2.75) is 0 Å². The molecular weight excluding hydrogens is 308 g/mol. The van der Waals surface area contributed by atoms with Crippen molar-refractivity contribution < 1.29 is 9.90 Å². The van der Waals surface area contributed by atoms with E-state index in [-0.39, 0.29) is 11.5 Å². The largest absolute Gasteiger partial charge is 0.508 e. The zero-order chi connectivity index (χ0) is 17.0. The molecule has 0 saturated carbocycles. The Labute approximate surface area is 145 Å². The van der Waals surface area contributed by atoms with Crippen molar-refractivity contribution in [1.82, 2.24) is 0 Å². The highest BCUT2D eigenvalue weighted by Gasteiger charge is 2.26. The summed E-state index contributed by atoms with van der Waals surface area (Å²) in [5.41, 5.74) is 5.77. The van der Waals surface area contributed by atoms with Crippen LogP contribution < -0.4 is 0 Å². The maximum atomic E-state index is 13.1. The predicted molar refractivity (Wildman–Crippen MR) is 99.9 cm³/mol. The van der Waals surface area contributed by atoms with Gasteiger partial charge in [-0.2, -0.15) is 0 Å². The first-order valence-electron chi connectivity index (χ1n) is 8.23. The number of ketones is 1. The molecule has 0 saturated heterocycles. The molecule has 0 radical (unpaired) electrons. The Morgan fingerprint density at radius 3 is 2.20 bits per heavy atom. The Bertz CT molecular complexity index is 1150. The van der Waals surface area contributed by atoms with Crippen LogP contribution >= 0.6 is 0 Å². The molecule has 0 bridgehead atoms. The fourth-order valence-corrected chi connectivity index (χ4v) is 3.78. The van der Waals surface area contributed by atoms with Gasteiger partial charge in [0.05, 0.1) is 0 Å². The first-order valence-corrected chi connectivity index (χ1v) is 8.23. The summed E-state index contributed by atoms with van der Waals surface area (Å²) < 4.78 is 0. The molecule has 2 heteroatoms. The number of phenolic OH excluding ortho intramolecular Hbond substituents is 1. The summed E-state index contributed by atoms with van der Waals surface area (Å²) in [6.45, 7) is 0. The van der Waals surface area contributed by atoms with Gasteiger partial charge in [-0.15, -0.1) is 0 Å². The molecule has 0 spiro atoms. The number of rotatable bonds is 2. The molecule has 5 rings (SSSR count). The van der Waals surface area contributed by atoms with E-state index >= 15 is 0 Å². The normalized spacial score (nSPS) is 11.5. The van der Waals surface area contributed by atoms with Gasteiger partial charge in [0.25, 0.3) is 0 Å².